The highest BCUT2D eigenvalue weighted by molar-refractivity contribution is 14.1. The number of hydrogen-bond acceptors (Lipinski definition) is 2. The molecule has 0 bridgehead atoms. The summed E-state index contributed by atoms with van der Waals surface area (Å²) in [4.78, 5) is 12.2. The van der Waals surface area contributed by atoms with E-state index < -0.39 is 0 Å². The van der Waals surface area contributed by atoms with Crippen LogP contribution in [0.2, 0.25) is 0 Å². The Hall–Kier alpha value is -2.40. The first kappa shape index (κ1) is 17.4. The fourth-order valence-corrected chi connectivity index (χ4v) is 2.99. The number of ketones is 1. The standard InChI is InChI=1S/C22H17IO2/c23-21-9-5-4-8-20(21)22(24)15-12-17-10-13-19(14-11-17)25-16-18-6-2-1-3-7-18/h1-15H,16H2/b15-12+. The zero-order valence-electron chi connectivity index (χ0n) is 13.6. The van der Waals surface area contributed by atoms with Gasteiger partial charge in [0, 0.05) is 9.13 Å². The van der Waals surface area contributed by atoms with Gasteiger partial charge in [-0.05, 0) is 64.1 Å². The fourth-order valence-electron chi connectivity index (χ4n) is 2.34. The van der Waals surface area contributed by atoms with Crippen LogP contribution >= 0.6 is 22.6 Å². The van der Waals surface area contributed by atoms with Crippen molar-refractivity contribution < 1.29 is 9.53 Å². The van der Waals surface area contributed by atoms with Gasteiger partial charge in [-0.3, -0.25) is 4.79 Å². The molecule has 3 heteroatoms. The molecule has 3 rings (SSSR count). The highest BCUT2D eigenvalue weighted by atomic mass is 127. The van der Waals surface area contributed by atoms with Crippen LogP contribution in [-0.2, 0) is 6.61 Å². The van der Waals surface area contributed by atoms with E-state index in [1.54, 1.807) is 6.08 Å². The maximum atomic E-state index is 12.2. The van der Waals surface area contributed by atoms with Crippen LogP contribution in [0, 0.1) is 3.57 Å². The molecule has 0 atom stereocenters. The maximum Gasteiger partial charge on any atom is 0.186 e. The zero-order valence-corrected chi connectivity index (χ0v) is 15.7. The van der Waals surface area contributed by atoms with Crippen molar-refractivity contribution in [2.75, 3.05) is 0 Å². The predicted octanol–water partition coefficient (Wildman–Crippen LogP) is 5.77. The van der Waals surface area contributed by atoms with Gasteiger partial charge in [0.15, 0.2) is 5.78 Å². The summed E-state index contributed by atoms with van der Waals surface area (Å²) in [7, 11) is 0. The lowest BCUT2D eigenvalue weighted by Gasteiger charge is -2.06. The molecule has 0 heterocycles. The third kappa shape index (κ3) is 5.03. The summed E-state index contributed by atoms with van der Waals surface area (Å²) in [5.41, 5.74) is 2.82. The van der Waals surface area contributed by atoms with Crippen molar-refractivity contribution in [2.24, 2.45) is 0 Å². The molecular formula is C22H17IO2. The third-order valence-corrected chi connectivity index (χ3v) is 4.64. The Balaban J connectivity index is 1.60. The van der Waals surface area contributed by atoms with E-state index in [1.807, 2.05) is 84.9 Å². The van der Waals surface area contributed by atoms with Crippen molar-refractivity contribution in [3.8, 4) is 5.75 Å². The van der Waals surface area contributed by atoms with E-state index in [2.05, 4.69) is 22.6 Å². The molecule has 0 unspecified atom stereocenters. The summed E-state index contributed by atoms with van der Waals surface area (Å²) < 4.78 is 6.72. The van der Waals surface area contributed by atoms with Crippen molar-refractivity contribution in [1.29, 1.82) is 0 Å². The van der Waals surface area contributed by atoms with Gasteiger partial charge in [0.1, 0.15) is 12.4 Å². The van der Waals surface area contributed by atoms with Gasteiger partial charge in [0.25, 0.3) is 0 Å². The number of carbonyl (C=O) groups excluding carboxylic acids is 1. The predicted molar refractivity (Wildman–Crippen MR) is 110 cm³/mol. The molecule has 0 aromatic heterocycles. The van der Waals surface area contributed by atoms with Gasteiger partial charge in [-0.1, -0.05) is 60.7 Å². The van der Waals surface area contributed by atoms with Crippen LogP contribution in [0.25, 0.3) is 6.08 Å². The lowest BCUT2D eigenvalue weighted by Crippen LogP contribution is -1.97. The second kappa shape index (κ2) is 8.62. The Labute approximate surface area is 161 Å². The molecule has 3 aromatic carbocycles. The van der Waals surface area contributed by atoms with Crippen LogP contribution in [0.5, 0.6) is 5.75 Å². The monoisotopic (exact) mass is 440 g/mol. The molecule has 124 valence electrons. The molecule has 0 saturated heterocycles. The number of halogens is 1. The van der Waals surface area contributed by atoms with E-state index in [-0.39, 0.29) is 5.78 Å². The number of rotatable bonds is 6. The normalized spacial score (nSPS) is 10.8. The second-order valence-electron chi connectivity index (χ2n) is 5.52. The van der Waals surface area contributed by atoms with Crippen molar-refractivity contribution in [3.05, 3.63) is 105 Å². The molecular weight excluding hydrogens is 423 g/mol. The topological polar surface area (TPSA) is 26.3 Å². The summed E-state index contributed by atoms with van der Waals surface area (Å²) >= 11 is 2.18. The molecule has 25 heavy (non-hydrogen) atoms. The van der Waals surface area contributed by atoms with Crippen molar-refractivity contribution in [1.82, 2.24) is 0 Å². The molecule has 0 spiro atoms. The van der Waals surface area contributed by atoms with Crippen LogP contribution in [0.4, 0.5) is 0 Å². The number of allylic oxidation sites excluding steroid dienone is 1. The number of carbonyl (C=O) groups is 1. The summed E-state index contributed by atoms with van der Waals surface area (Å²) in [6, 6.07) is 25.4. The molecule has 0 amide bonds. The highest BCUT2D eigenvalue weighted by Gasteiger charge is 2.05. The second-order valence-corrected chi connectivity index (χ2v) is 6.68. The lowest BCUT2D eigenvalue weighted by atomic mass is 10.1. The highest BCUT2D eigenvalue weighted by Crippen LogP contribution is 2.16. The Morgan fingerprint density at radius 1 is 0.880 bits per heavy atom. The first-order valence-electron chi connectivity index (χ1n) is 7.96. The van der Waals surface area contributed by atoms with E-state index in [4.69, 9.17) is 4.74 Å². The lowest BCUT2D eigenvalue weighted by molar-refractivity contribution is 0.104. The van der Waals surface area contributed by atoms with Gasteiger partial charge >= 0.3 is 0 Å². The van der Waals surface area contributed by atoms with Crippen LogP contribution in [0.1, 0.15) is 21.5 Å². The Bertz CT molecular complexity index is 868. The summed E-state index contributed by atoms with van der Waals surface area (Å²) in [6.45, 7) is 0.543. The zero-order chi connectivity index (χ0) is 17.5. The van der Waals surface area contributed by atoms with E-state index in [1.165, 1.54) is 0 Å². The minimum Gasteiger partial charge on any atom is -0.489 e. The summed E-state index contributed by atoms with van der Waals surface area (Å²) in [6.07, 6.45) is 3.43. The van der Waals surface area contributed by atoms with E-state index in [0.29, 0.717) is 6.61 Å². The first-order chi connectivity index (χ1) is 12.2. The Morgan fingerprint density at radius 2 is 1.56 bits per heavy atom. The largest absolute Gasteiger partial charge is 0.489 e. The van der Waals surface area contributed by atoms with E-state index in [9.17, 15) is 4.79 Å². The van der Waals surface area contributed by atoms with Crippen LogP contribution in [0.15, 0.2) is 84.9 Å². The van der Waals surface area contributed by atoms with Gasteiger partial charge in [0.2, 0.25) is 0 Å². The Kier molecular flexibility index (Phi) is 6.01. The molecule has 0 radical (unpaired) electrons. The number of hydrogen-bond donors (Lipinski definition) is 0. The van der Waals surface area contributed by atoms with Crippen molar-refractivity contribution in [2.45, 2.75) is 6.61 Å². The SMILES string of the molecule is O=C(/C=C/c1ccc(OCc2ccccc2)cc1)c1ccccc1I. The van der Waals surface area contributed by atoms with Crippen molar-refractivity contribution in [3.63, 3.8) is 0 Å². The molecule has 0 aliphatic rings. The molecule has 2 nitrogen and oxygen atoms in total. The third-order valence-electron chi connectivity index (χ3n) is 3.69. The minimum atomic E-state index is 0.00871. The summed E-state index contributed by atoms with van der Waals surface area (Å²) in [5, 5.41) is 0. The van der Waals surface area contributed by atoms with Crippen molar-refractivity contribution >= 4 is 34.5 Å². The Morgan fingerprint density at radius 3 is 2.28 bits per heavy atom. The van der Waals surface area contributed by atoms with Gasteiger partial charge < -0.3 is 4.74 Å². The molecule has 0 N–H and O–H groups in total. The van der Waals surface area contributed by atoms with E-state index in [0.717, 1.165) is 26.0 Å². The number of benzene rings is 3. The van der Waals surface area contributed by atoms with Gasteiger partial charge in [-0.2, -0.15) is 0 Å². The molecule has 0 saturated carbocycles. The average molecular weight is 440 g/mol. The smallest absolute Gasteiger partial charge is 0.186 e. The van der Waals surface area contributed by atoms with Crippen LogP contribution in [0.3, 0.4) is 0 Å². The van der Waals surface area contributed by atoms with Gasteiger partial charge in [0.05, 0.1) is 0 Å². The minimum absolute atomic E-state index is 0.00871. The first-order valence-corrected chi connectivity index (χ1v) is 9.04. The van der Waals surface area contributed by atoms with Gasteiger partial charge in [-0.25, -0.2) is 0 Å². The van der Waals surface area contributed by atoms with Crippen LogP contribution in [-0.4, -0.2) is 5.78 Å². The molecule has 0 aliphatic heterocycles. The van der Waals surface area contributed by atoms with E-state index >= 15 is 0 Å². The maximum absolute atomic E-state index is 12.2. The molecule has 0 aliphatic carbocycles. The fraction of sp³-hybridized carbons (Fsp3) is 0.0455. The quantitative estimate of drug-likeness (QED) is 0.277. The van der Waals surface area contributed by atoms with Crippen LogP contribution < -0.4 is 4.74 Å². The van der Waals surface area contributed by atoms with Gasteiger partial charge in [-0.15, -0.1) is 0 Å². The number of ether oxygens (including phenoxy) is 1. The molecule has 3 aromatic rings. The molecule has 0 fully saturated rings. The average Bonchev–Trinajstić information content (AvgIpc) is 2.66. The summed E-state index contributed by atoms with van der Waals surface area (Å²) in [5.74, 6) is 0.819.